The minimum absolute atomic E-state index is 0.0106. The smallest absolute Gasteiger partial charge is 0.330 e. The molecule has 230 valence electrons. The molecular weight excluding hydrogens is 521 g/mol. The third kappa shape index (κ3) is 21.0. The molecule has 0 saturated heterocycles. The lowest BCUT2D eigenvalue weighted by Crippen LogP contribution is -2.44. The molecule has 10 heteroatoms. The highest BCUT2D eigenvalue weighted by molar-refractivity contribution is 7.53. The van der Waals surface area contributed by atoms with Gasteiger partial charge in [-0.15, -0.1) is 0 Å². The Morgan fingerprint density at radius 3 is 1.72 bits per heavy atom. The first-order valence-electron chi connectivity index (χ1n) is 14.9. The molecule has 0 fully saturated rings. The number of carboxylic acid groups (broad SMARTS) is 1. The maximum atomic E-state index is 12.3. The molecule has 0 aromatic carbocycles. The molecule has 1 amide bonds. The zero-order valence-corrected chi connectivity index (χ0v) is 26.1. The molecule has 9 nitrogen and oxygen atoms in total. The number of hydrogen-bond donors (Lipinski definition) is 3. The van der Waals surface area contributed by atoms with Gasteiger partial charge < -0.3 is 24.6 Å². The molecule has 0 radical (unpaired) electrons. The highest BCUT2D eigenvalue weighted by Gasteiger charge is 2.30. The number of carbonyl (C=O) groups excluding carboxylic acids is 2. The van der Waals surface area contributed by atoms with Crippen molar-refractivity contribution in [2.45, 2.75) is 161 Å². The van der Waals surface area contributed by atoms with Crippen LogP contribution >= 0.6 is 7.60 Å². The van der Waals surface area contributed by atoms with Gasteiger partial charge in [-0.05, 0) is 46.5 Å². The summed E-state index contributed by atoms with van der Waals surface area (Å²) >= 11 is 0. The van der Waals surface area contributed by atoms with Gasteiger partial charge in [-0.2, -0.15) is 0 Å². The number of hydrogen-bond acceptors (Lipinski definition) is 6. The van der Waals surface area contributed by atoms with Crippen LogP contribution < -0.4 is 5.32 Å². The number of esters is 1. The quantitative estimate of drug-likeness (QED) is 0.0625. The Bertz CT molecular complexity index is 737. The Morgan fingerprint density at radius 1 is 0.795 bits per heavy atom. The number of aliphatic carboxylic acids is 1. The second kappa shape index (κ2) is 21.3. The van der Waals surface area contributed by atoms with Gasteiger partial charge in [-0.25, -0.2) is 4.79 Å². The largest absolute Gasteiger partial charge is 0.481 e. The van der Waals surface area contributed by atoms with E-state index in [1.165, 1.54) is 39.2 Å². The van der Waals surface area contributed by atoms with Crippen molar-refractivity contribution in [2.24, 2.45) is 0 Å². The van der Waals surface area contributed by atoms with E-state index < -0.39 is 31.2 Å². The summed E-state index contributed by atoms with van der Waals surface area (Å²) in [6.07, 6.45) is 15.6. The maximum Gasteiger partial charge on any atom is 0.330 e. The van der Waals surface area contributed by atoms with Crippen molar-refractivity contribution < 1.29 is 38.2 Å². The summed E-state index contributed by atoms with van der Waals surface area (Å²) < 4.78 is 22.2. The van der Waals surface area contributed by atoms with E-state index in [2.05, 4.69) is 5.32 Å². The lowest BCUT2D eigenvalue weighted by molar-refractivity contribution is -0.159. The van der Waals surface area contributed by atoms with E-state index >= 15 is 0 Å². The Labute approximate surface area is 236 Å². The molecule has 0 bridgehead atoms. The average molecular weight is 578 g/mol. The third-order valence-electron chi connectivity index (χ3n) is 6.71. The molecule has 0 heterocycles. The van der Waals surface area contributed by atoms with E-state index in [0.717, 1.165) is 64.2 Å². The summed E-state index contributed by atoms with van der Waals surface area (Å²) in [5.74, 6) is -1.87. The van der Waals surface area contributed by atoms with Crippen LogP contribution in [0.5, 0.6) is 0 Å². The Morgan fingerprint density at radius 2 is 1.28 bits per heavy atom. The van der Waals surface area contributed by atoms with Crippen LogP contribution in [0.4, 0.5) is 0 Å². The van der Waals surface area contributed by atoms with Gasteiger partial charge in [0.15, 0.2) is 0 Å². The van der Waals surface area contributed by atoms with Crippen molar-refractivity contribution in [3.63, 3.8) is 0 Å². The molecule has 39 heavy (non-hydrogen) atoms. The molecule has 0 aliphatic heterocycles. The Hall–Kier alpha value is -1.44. The van der Waals surface area contributed by atoms with Gasteiger partial charge >= 0.3 is 19.5 Å². The first kappa shape index (κ1) is 37.6. The fourth-order valence-electron chi connectivity index (χ4n) is 4.54. The van der Waals surface area contributed by atoms with Gasteiger partial charge in [0.05, 0.1) is 5.66 Å². The molecule has 0 aromatic heterocycles. The summed E-state index contributed by atoms with van der Waals surface area (Å²) in [7, 11) is -2.14. The van der Waals surface area contributed by atoms with Crippen molar-refractivity contribution in [3.05, 3.63) is 0 Å². The van der Waals surface area contributed by atoms with Gasteiger partial charge in [-0.1, -0.05) is 84.0 Å². The molecule has 0 rings (SSSR count). The van der Waals surface area contributed by atoms with Crippen molar-refractivity contribution in [1.29, 1.82) is 0 Å². The number of amides is 1. The summed E-state index contributed by atoms with van der Waals surface area (Å²) in [6.45, 7) is 7.22. The summed E-state index contributed by atoms with van der Waals surface area (Å²) in [5, 5.41) is 11.6. The standard InChI is InChI=1S/C29H56NO8P/c1-6-19-24(39(35,36)37-5)20-17-15-13-11-9-7-8-10-12-14-16-18-21-26(31)30-25(22-23-27(32)33)28(34)38-29(2,3)4/h24-25H,6-23H2,1-5H3,(H,30,31)(H,32,33)(H,35,36)/t24?,25-/m0/s1. The lowest BCUT2D eigenvalue weighted by atomic mass is 10.0. The molecule has 3 atom stereocenters. The summed E-state index contributed by atoms with van der Waals surface area (Å²) in [4.78, 5) is 45.5. The van der Waals surface area contributed by atoms with E-state index in [1.807, 2.05) is 6.92 Å². The first-order chi connectivity index (χ1) is 18.3. The van der Waals surface area contributed by atoms with Crippen LogP contribution in [0.2, 0.25) is 0 Å². The van der Waals surface area contributed by atoms with Crippen molar-refractivity contribution in [3.8, 4) is 0 Å². The van der Waals surface area contributed by atoms with Gasteiger partial charge in [-0.3, -0.25) is 14.2 Å². The molecule has 0 aromatic rings. The average Bonchev–Trinajstić information content (AvgIpc) is 2.84. The van der Waals surface area contributed by atoms with Crippen LogP contribution in [0.3, 0.4) is 0 Å². The maximum absolute atomic E-state index is 12.3. The zero-order chi connectivity index (χ0) is 29.7. The normalized spacial score (nSPS) is 14.8. The monoisotopic (exact) mass is 577 g/mol. The molecule has 0 aliphatic carbocycles. The second-order valence-electron chi connectivity index (χ2n) is 11.6. The Balaban J connectivity index is 3.87. The fraction of sp³-hybridized carbons (Fsp3) is 0.897. The Kier molecular flexibility index (Phi) is 20.5. The topological polar surface area (TPSA) is 139 Å². The van der Waals surface area contributed by atoms with Gasteiger partial charge in [0, 0.05) is 20.0 Å². The SMILES string of the molecule is CCCC(CCCCCCCCCCCCCCC(=O)N[C@@H](CCC(=O)O)C(=O)OC(C)(C)C)P(=O)(O)OC. The van der Waals surface area contributed by atoms with Crippen LogP contribution in [0.15, 0.2) is 0 Å². The molecule has 3 N–H and O–H groups in total. The summed E-state index contributed by atoms with van der Waals surface area (Å²) in [6, 6.07) is -0.944. The van der Waals surface area contributed by atoms with E-state index in [4.69, 9.17) is 14.4 Å². The van der Waals surface area contributed by atoms with Crippen LogP contribution in [-0.2, 0) is 28.2 Å². The highest BCUT2D eigenvalue weighted by atomic mass is 31.2. The highest BCUT2D eigenvalue weighted by Crippen LogP contribution is 2.50. The second-order valence-corrected chi connectivity index (χ2v) is 13.8. The van der Waals surface area contributed by atoms with E-state index in [0.29, 0.717) is 6.42 Å². The number of nitrogens with one attached hydrogen (secondary N) is 1. The number of unbranched alkanes of at least 4 members (excludes halogenated alkanes) is 11. The zero-order valence-electron chi connectivity index (χ0n) is 25.2. The summed E-state index contributed by atoms with van der Waals surface area (Å²) in [5.41, 5.74) is -0.944. The van der Waals surface area contributed by atoms with Crippen LogP contribution in [0.25, 0.3) is 0 Å². The van der Waals surface area contributed by atoms with Crippen molar-refractivity contribution in [1.82, 2.24) is 5.32 Å². The molecular formula is C29H56NO8P. The molecule has 0 saturated carbocycles. The van der Waals surface area contributed by atoms with Gasteiger partial charge in [0.1, 0.15) is 11.6 Å². The van der Waals surface area contributed by atoms with Crippen LogP contribution in [0.1, 0.15) is 143 Å². The van der Waals surface area contributed by atoms with Crippen molar-refractivity contribution in [2.75, 3.05) is 7.11 Å². The van der Waals surface area contributed by atoms with Crippen LogP contribution in [-0.4, -0.2) is 52.3 Å². The van der Waals surface area contributed by atoms with E-state index in [-0.39, 0.29) is 24.4 Å². The predicted molar refractivity (Wildman–Crippen MR) is 155 cm³/mol. The van der Waals surface area contributed by atoms with Gasteiger partial charge in [0.25, 0.3) is 0 Å². The molecule has 0 spiro atoms. The minimum atomic E-state index is -3.47. The van der Waals surface area contributed by atoms with Crippen molar-refractivity contribution >= 4 is 25.4 Å². The number of carboxylic acids is 1. The predicted octanol–water partition coefficient (Wildman–Crippen LogP) is 7.14. The molecule has 2 unspecified atom stereocenters. The molecule has 0 aliphatic rings. The first-order valence-corrected chi connectivity index (χ1v) is 16.6. The number of ether oxygens (including phenoxy) is 1. The van der Waals surface area contributed by atoms with Crippen LogP contribution in [0, 0.1) is 0 Å². The lowest BCUT2D eigenvalue weighted by Gasteiger charge is -2.24. The van der Waals surface area contributed by atoms with E-state index in [1.54, 1.807) is 20.8 Å². The van der Waals surface area contributed by atoms with Gasteiger partial charge in [0.2, 0.25) is 5.91 Å². The fourth-order valence-corrected chi connectivity index (χ4v) is 5.93. The number of carbonyl (C=O) groups is 3. The van der Waals surface area contributed by atoms with E-state index in [9.17, 15) is 23.8 Å². The minimum Gasteiger partial charge on any atom is -0.481 e. The third-order valence-corrected chi connectivity index (χ3v) is 8.67. The number of rotatable bonds is 24.